The Balaban J connectivity index is 1.89. The summed E-state index contributed by atoms with van der Waals surface area (Å²) in [5, 5.41) is 5.87. The average Bonchev–Trinajstić information content (AvgIpc) is 2.81. The third kappa shape index (κ3) is 2.56. The van der Waals surface area contributed by atoms with E-state index in [1.807, 2.05) is 11.3 Å². The van der Waals surface area contributed by atoms with Gasteiger partial charge in [0.05, 0.1) is 6.10 Å². The summed E-state index contributed by atoms with van der Waals surface area (Å²) in [5.41, 5.74) is 0.252. The molecular formula is C14H23NOS. The van der Waals surface area contributed by atoms with E-state index in [-0.39, 0.29) is 5.41 Å². The lowest BCUT2D eigenvalue weighted by Crippen LogP contribution is -2.61. The topological polar surface area (TPSA) is 21.3 Å². The smallest absolute Gasteiger partial charge is 0.0655 e. The zero-order valence-corrected chi connectivity index (χ0v) is 12.0. The Hall–Kier alpha value is -0.380. The van der Waals surface area contributed by atoms with Crippen molar-refractivity contribution in [3.05, 3.63) is 22.4 Å². The summed E-state index contributed by atoms with van der Waals surface area (Å²) in [5.74, 6) is 0. The fraction of sp³-hybridized carbons (Fsp3) is 0.714. The summed E-state index contributed by atoms with van der Waals surface area (Å²) < 4.78 is 5.76. The molecular weight excluding hydrogens is 230 g/mol. The van der Waals surface area contributed by atoms with E-state index in [1.54, 1.807) is 0 Å². The third-order valence-electron chi connectivity index (χ3n) is 3.97. The van der Waals surface area contributed by atoms with E-state index in [2.05, 4.69) is 50.5 Å². The zero-order valence-electron chi connectivity index (χ0n) is 11.2. The van der Waals surface area contributed by atoms with Crippen molar-refractivity contribution < 1.29 is 4.74 Å². The van der Waals surface area contributed by atoms with Gasteiger partial charge >= 0.3 is 0 Å². The molecule has 17 heavy (non-hydrogen) atoms. The number of thiophene rings is 1. The van der Waals surface area contributed by atoms with Gasteiger partial charge in [0, 0.05) is 29.0 Å². The highest BCUT2D eigenvalue weighted by Gasteiger charge is 2.49. The van der Waals surface area contributed by atoms with Gasteiger partial charge in [0.2, 0.25) is 0 Å². The van der Waals surface area contributed by atoms with E-state index in [4.69, 9.17) is 4.74 Å². The molecule has 0 radical (unpaired) electrons. The molecule has 96 valence electrons. The summed E-state index contributed by atoms with van der Waals surface area (Å²) >= 11 is 1.83. The Kier molecular flexibility index (Phi) is 3.91. The maximum atomic E-state index is 5.76. The standard InChI is InChI=1S/C14H23NOS/c1-5-16-13-9-12(14(13,3)4)15-10(2)11-7-6-8-17-11/h6-8,10,12-13,15H,5,9H2,1-4H3. The lowest BCUT2D eigenvalue weighted by Gasteiger charge is -2.52. The first-order chi connectivity index (χ1) is 8.05. The third-order valence-corrected chi connectivity index (χ3v) is 5.02. The first kappa shape index (κ1) is 13.1. The number of nitrogens with one attached hydrogen (secondary N) is 1. The minimum Gasteiger partial charge on any atom is -0.378 e. The van der Waals surface area contributed by atoms with E-state index in [1.165, 1.54) is 4.88 Å². The predicted molar refractivity (Wildman–Crippen MR) is 73.5 cm³/mol. The van der Waals surface area contributed by atoms with Crippen LogP contribution < -0.4 is 5.32 Å². The molecule has 1 saturated carbocycles. The van der Waals surface area contributed by atoms with Crippen LogP contribution in [0.2, 0.25) is 0 Å². The molecule has 0 amide bonds. The van der Waals surface area contributed by atoms with Gasteiger partial charge in [0.15, 0.2) is 0 Å². The molecule has 1 aliphatic rings. The van der Waals surface area contributed by atoms with Crippen LogP contribution in [0.1, 0.15) is 45.0 Å². The van der Waals surface area contributed by atoms with Gasteiger partial charge in [-0.2, -0.15) is 0 Å². The minimum atomic E-state index is 0.252. The molecule has 3 atom stereocenters. The summed E-state index contributed by atoms with van der Waals surface area (Å²) in [4.78, 5) is 1.42. The lowest BCUT2D eigenvalue weighted by atomic mass is 9.64. The van der Waals surface area contributed by atoms with Crippen LogP contribution in [0.4, 0.5) is 0 Å². The van der Waals surface area contributed by atoms with E-state index in [9.17, 15) is 0 Å². The number of ether oxygens (including phenoxy) is 1. The Morgan fingerprint density at radius 3 is 2.88 bits per heavy atom. The molecule has 3 unspecified atom stereocenters. The normalized spacial score (nSPS) is 28.7. The first-order valence-electron chi connectivity index (χ1n) is 6.46. The van der Waals surface area contributed by atoms with Crippen molar-refractivity contribution in [1.29, 1.82) is 0 Å². The molecule has 0 aromatic carbocycles. The SMILES string of the molecule is CCOC1CC(NC(C)c2cccs2)C1(C)C. The van der Waals surface area contributed by atoms with E-state index >= 15 is 0 Å². The maximum Gasteiger partial charge on any atom is 0.0655 e. The van der Waals surface area contributed by atoms with Crippen molar-refractivity contribution in [2.24, 2.45) is 5.41 Å². The molecule has 2 nitrogen and oxygen atoms in total. The molecule has 2 rings (SSSR count). The summed E-state index contributed by atoms with van der Waals surface area (Å²) in [6, 6.07) is 5.33. The van der Waals surface area contributed by atoms with Gasteiger partial charge in [0.1, 0.15) is 0 Å². The van der Waals surface area contributed by atoms with Gasteiger partial charge in [0.25, 0.3) is 0 Å². The fourth-order valence-corrected chi connectivity index (χ4v) is 3.32. The minimum absolute atomic E-state index is 0.252. The van der Waals surface area contributed by atoms with Gasteiger partial charge in [-0.25, -0.2) is 0 Å². The van der Waals surface area contributed by atoms with Crippen molar-refractivity contribution in [3.8, 4) is 0 Å². The molecule has 1 N–H and O–H groups in total. The monoisotopic (exact) mass is 253 g/mol. The number of hydrogen-bond donors (Lipinski definition) is 1. The first-order valence-corrected chi connectivity index (χ1v) is 7.34. The van der Waals surface area contributed by atoms with Crippen LogP contribution in [0.3, 0.4) is 0 Å². The zero-order chi connectivity index (χ0) is 12.5. The van der Waals surface area contributed by atoms with Crippen LogP contribution in [0.25, 0.3) is 0 Å². The highest BCUT2D eigenvalue weighted by Crippen LogP contribution is 2.43. The number of hydrogen-bond acceptors (Lipinski definition) is 3. The van der Waals surface area contributed by atoms with Gasteiger partial charge in [-0.05, 0) is 31.7 Å². The van der Waals surface area contributed by atoms with Crippen molar-refractivity contribution in [2.75, 3.05) is 6.61 Å². The van der Waals surface area contributed by atoms with E-state index in [0.29, 0.717) is 18.2 Å². The van der Waals surface area contributed by atoms with Crippen molar-refractivity contribution >= 4 is 11.3 Å². The quantitative estimate of drug-likeness (QED) is 0.865. The van der Waals surface area contributed by atoms with Crippen LogP contribution in [0.5, 0.6) is 0 Å². The second-order valence-electron chi connectivity index (χ2n) is 5.46. The molecule has 1 aromatic rings. The van der Waals surface area contributed by atoms with Crippen LogP contribution in [-0.2, 0) is 4.74 Å². The highest BCUT2D eigenvalue weighted by molar-refractivity contribution is 7.10. The molecule has 0 bridgehead atoms. The average molecular weight is 253 g/mol. The lowest BCUT2D eigenvalue weighted by molar-refractivity contribution is -0.116. The van der Waals surface area contributed by atoms with Crippen LogP contribution in [0.15, 0.2) is 17.5 Å². The number of rotatable bonds is 5. The Morgan fingerprint density at radius 1 is 1.59 bits per heavy atom. The van der Waals surface area contributed by atoms with Gasteiger partial charge < -0.3 is 10.1 Å². The van der Waals surface area contributed by atoms with Crippen LogP contribution in [-0.4, -0.2) is 18.8 Å². The van der Waals surface area contributed by atoms with Gasteiger partial charge in [-0.15, -0.1) is 11.3 Å². The summed E-state index contributed by atoms with van der Waals surface area (Å²) in [6.45, 7) is 9.74. The van der Waals surface area contributed by atoms with Crippen molar-refractivity contribution in [3.63, 3.8) is 0 Å². The van der Waals surface area contributed by atoms with Crippen LogP contribution in [0, 0.1) is 5.41 Å². The van der Waals surface area contributed by atoms with E-state index in [0.717, 1.165) is 13.0 Å². The molecule has 0 spiro atoms. The molecule has 1 aliphatic carbocycles. The highest BCUT2D eigenvalue weighted by atomic mass is 32.1. The van der Waals surface area contributed by atoms with Gasteiger partial charge in [-0.3, -0.25) is 0 Å². The Morgan fingerprint density at radius 2 is 2.35 bits per heavy atom. The Bertz CT molecular complexity index is 347. The summed E-state index contributed by atoms with van der Waals surface area (Å²) in [6.07, 6.45) is 1.55. The molecule has 1 heterocycles. The van der Waals surface area contributed by atoms with E-state index < -0.39 is 0 Å². The molecule has 0 saturated heterocycles. The van der Waals surface area contributed by atoms with Crippen molar-refractivity contribution in [1.82, 2.24) is 5.32 Å². The Labute approximate surface area is 108 Å². The molecule has 1 aromatic heterocycles. The predicted octanol–water partition coefficient (Wildman–Crippen LogP) is 3.60. The summed E-state index contributed by atoms with van der Waals surface area (Å²) in [7, 11) is 0. The van der Waals surface area contributed by atoms with Crippen LogP contribution >= 0.6 is 11.3 Å². The largest absolute Gasteiger partial charge is 0.378 e. The maximum absolute atomic E-state index is 5.76. The molecule has 1 fully saturated rings. The van der Waals surface area contributed by atoms with Gasteiger partial charge in [-0.1, -0.05) is 19.9 Å². The fourth-order valence-electron chi connectivity index (χ4n) is 2.57. The second-order valence-corrected chi connectivity index (χ2v) is 6.44. The molecule has 3 heteroatoms. The van der Waals surface area contributed by atoms with Crippen molar-refractivity contribution in [2.45, 2.75) is 52.3 Å². The second kappa shape index (κ2) is 5.09. The molecule has 0 aliphatic heterocycles.